The molecule has 0 aromatic heterocycles. The summed E-state index contributed by atoms with van der Waals surface area (Å²) in [7, 11) is -4.15. The fourth-order valence-corrected chi connectivity index (χ4v) is 2.68. The van der Waals surface area contributed by atoms with Gasteiger partial charge < -0.3 is 14.5 Å². The Morgan fingerprint density at radius 2 is 2.00 bits per heavy atom. The molecule has 122 valence electrons. The normalized spacial score (nSPS) is 13.7. The summed E-state index contributed by atoms with van der Waals surface area (Å²) in [5, 5.41) is 3.03. The van der Waals surface area contributed by atoms with Crippen molar-refractivity contribution in [1.29, 1.82) is 0 Å². The van der Waals surface area contributed by atoms with Gasteiger partial charge in [-0.1, -0.05) is 42.0 Å². The van der Waals surface area contributed by atoms with Crippen LogP contribution in [0.1, 0.15) is 19.4 Å². The lowest BCUT2D eigenvalue weighted by atomic mass is 10.1. The third kappa shape index (κ3) is 7.52. The summed E-state index contributed by atoms with van der Waals surface area (Å²) in [5.74, 6) is -0.469. The zero-order valence-electron chi connectivity index (χ0n) is 12.7. The minimum absolute atomic E-state index is 0.244. The minimum atomic E-state index is -4.15. The Balaban J connectivity index is 2.77. The van der Waals surface area contributed by atoms with Crippen LogP contribution in [-0.4, -0.2) is 34.6 Å². The molecule has 1 aromatic carbocycles. The lowest BCUT2D eigenvalue weighted by Crippen LogP contribution is -2.36. The van der Waals surface area contributed by atoms with Gasteiger partial charge in [-0.3, -0.25) is 14.7 Å². The lowest BCUT2D eigenvalue weighted by molar-refractivity contribution is -0.144. The van der Waals surface area contributed by atoms with Crippen molar-refractivity contribution < 1.29 is 23.9 Å². The summed E-state index contributed by atoms with van der Waals surface area (Å²) < 4.78 is 16.0. The van der Waals surface area contributed by atoms with E-state index in [4.69, 9.17) is 14.5 Å². The number of ether oxygens (including phenoxy) is 1. The Morgan fingerprint density at radius 3 is 2.55 bits per heavy atom. The van der Waals surface area contributed by atoms with Crippen LogP contribution in [-0.2, 0) is 20.6 Å². The summed E-state index contributed by atoms with van der Waals surface area (Å²) in [6.45, 7) is 3.98. The van der Waals surface area contributed by atoms with Crippen molar-refractivity contribution in [3.63, 3.8) is 0 Å². The van der Waals surface area contributed by atoms with Gasteiger partial charge in [0.25, 0.3) is 0 Å². The van der Waals surface area contributed by atoms with E-state index in [0.717, 1.165) is 5.56 Å². The van der Waals surface area contributed by atoms with Gasteiger partial charge >= 0.3 is 13.6 Å². The molecule has 0 radical (unpaired) electrons. The molecule has 7 heteroatoms. The van der Waals surface area contributed by atoms with E-state index < -0.39 is 19.6 Å². The summed E-state index contributed by atoms with van der Waals surface area (Å²) in [6, 6.07) is 8.78. The van der Waals surface area contributed by atoms with Gasteiger partial charge in [0.15, 0.2) is 0 Å². The highest BCUT2D eigenvalue weighted by Gasteiger charge is 2.19. The van der Waals surface area contributed by atoms with Crippen molar-refractivity contribution in [2.75, 3.05) is 12.8 Å². The summed E-state index contributed by atoms with van der Waals surface area (Å²) in [6.07, 6.45) is 1.12. The number of carbonyl (C=O) groups excluding carboxylic acids is 1. The quantitative estimate of drug-likeness (QED) is 0.383. The first kappa shape index (κ1) is 18.6. The standard InChI is InChI=1S/C15H22NO5P/c1-3-21-15(17)14(9-12(2)11-22(18,19)20)16-10-13-7-5-4-6-8-13/h4-9,14,16H,3,10-11H2,1-2H3,(H2,18,19,20). The largest absolute Gasteiger partial charge is 0.465 e. The maximum atomic E-state index is 11.9. The topological polar surface area (TPSA) is 95.9 Å². The molecule has 0 amide bonds. The maximum Gasteiger partial charge on any atom is 0.329 e. The zero-order chi connectivity index (χ0) is 16.6. The molecule has 1 rings (SSSR count). The van der Waals surface area contributed by atoms with Crippen LogP contribution in [0.3, 0.4) is 0 Å². The first-order chi connectivity index (χ1) is 10.3. The average molecular weight is 327 g/mol. The molecular formula is C15H22NO5P. The predicted octanol–water partition coefficient (Wildman–Crippen LogP) is 1.83. The van der Waals surface area contributed by atoms with Gasteiger partial charge in [-0.25, -0.2) is 0 Å². The van der Waals surface area contributed by atoms with E-state index in [2.05, 4.69) is 5.32 Å². The molecule has 0 aliphatic rings. The van der Waals surface area contributed by atoms with E-state index in [1.807, 2.05) is 30.3 Å². The Morgan fingerprint density at radius 1 is 1.36 bits per heavy atom. The van der Waals surface area contributed by atoms with Crippen LogP contribution in [0.2, 0.25) is 0 Å². The molecule has 22 heavy (non-hydrogen) atoms. The number of hydrogen-bond acceptors (Lipinski definition) is 4. The fraction of sp³-hybridized carbons (Fsp3) is 0.400. The van der Waals surface area contributed by atoms with Crippen molar-refractivity contribution in [3.8, 4) is 0 Å². The molecule has 0 aliphatic heterocycles. The molecule has 1 unspecified atom stereocenters. The van der Waals surface area contributed by atoms with Crippen molar-refractivity contribution in [2.45, 2.75) is 26.4 Å². The van der Waals surface area contributed by atoms with Crippen molar-refractivity contribution in [3.05, 3.63) is 47.5 Å². The maximum absolute atomic E-state index is 11.9. The molecule has 0 aliphatic carbocycles. The third-order valence-electron chi connectivity index (χ3n) is 2.82. The van der Waals surface area contributed by atoms with Crippen molar-refractivity contribution in [2.24, 2.45) is 0 Å². The van der Waals surface area contributed by atoms with E-state index in [0.29, 0.717) is 12.1 Å². The van der Waals surface area contributed by atoms with Gasteiger partial charge in [-0.15, -0.1) is 0 Å². The van der Waals surface area contributed by atoms with E-state index in [-0.39, 0.29) is 12.8 Å². The second-order valence-corrected chi connectivity index (χ2v) is 6.58. The van der Waals surface area contributed by atoms with E-state index in [1.165, 1.54) is 6.08 Å². The van der Waals surface area contributed by atoms with Crippen LogP contribution in [0.5, 0.6) is 0 Å². The molecule has 6 nitrogen and oxygen atoms in total. The number of nitrogens with one attached hydrogen (secondary N) is 1. The minimum Gasteiger partial charge on any atom is -0.465 e. The van der Waals surface area contributed by atoms with E-state index >= 15 is 0 Å². The van der Waals surface area contributed by atoms with Gasteiger partial charge in [0.2, 0.25) is 0 Å². The number of carbonyl (C=O) groups is 1. The molecule has 0 saturated heterocycles. The fourth-order valence-electron chi connectivity index (χ4n) is 1.93. The highest BCUT2D eigenvalue weighted by atomic mass is 31.2. The summed E-state index contributed by atoms with van der Waals surface area (Å²) in [5.41, 5.74) is 1.43. The van der Waals surface area contributed by atoms with Crippen LogP contribution in [0, 0.1) is 0 Å². The molecule has 1 atom stereocenters. The highest BCUT2D eigenvalue weighted by Crippen LogP contribution is 2.36. The molecule has 0 fully saturated rings. The highest BCUT2D eigenvalue weighted by molar-refractivity contribution is 7.52. The Hall–Kier alpha value is -1.46. The average Bonchev–Trinajstić information content (AvgIpc) is 2.42. The lowest BCUT2D eigenvalue weighted by Gasteiger charge is -2.15. The molecule has 0 heterocycles. The number of rotatable bonds is 8. The molecule has 1 aromatic rings. The number of esters is 1. The molecule has 0 spiro atoms. The van der Waals surface area contributed by atoms with Gasteiger partial charge in [-0.05, 0) is 19.4 Å². The Labute approximate surface area is 130 Å². The molecule has 0 bridgehead atoms. The smallest absolute Gasteiger partial charge is 0.329 e. The Bertz CT molecular complexity index is 552. The van der Waals surface area contributed by atoms with Crippen LogP contribution in [0.25, 0.3) is 0 Å². The predicted molar refractivity (Wildman–Crippen MR) is 84.4 cm³/mol. The second kappa shape index (κ2) is 8.86. The second-order valence-electron chi connectivity index (χ2n) is 4.93. The van der Waals surface area contributed by atoms with E-state index in [9.17, 15) is 9.36 Å². The first-order valence-corrected chi connectivity index (χ1v) is 8.77. The van der Waals surface area contributed by atoms with Crippen LogP contribution < -0.4 is 5.32 Å². The van der Waals surface area contributed by atoms with Gasteiger partial charge in [-0.2, -0.15) is 0 Å². The zero-order valence-corrected chi connectivity index (χ0v) is 13.6. The summed E-state index contributed by atoms with van der Waals surface area (Å²) >= 11 is 0. The first-order valence-electron chi connectivity index (χ1n) is 6.97. The number of hydrogen-bond donors (Lipinski definition) is 3. The van der Waals surface area contributed by atoms with Gasteiger partial charge in [0, 0.05) is 6.54 Å². The monoisotopic (exact) mass is 327 g/mol. The van der Waals surface area contributed by atoms with Gasteiger partial charge in [0.05, 0.1) is 12.8 Å². The summed E-state index contributed by atoms with van der Waals surface area (Å²) in [4.78, 5) is 29.9. The number of allylic oxidation sites excluding steroid dienone is 1. The molecule has 3 N–H and O–H groups in total. The van der Waals surface area contributed by atoms with Crippen molar-refractivity contribution >= 4 is 13.6 Å². The van der Waals surface area contributed by atoms with Crippen LogP contribution in [0.4, 0.5) is 0 Å². The van der Waals surface area contributed by atoms with Gasteiger partial charge in [0.1, 0.15) is 6.04 Å². The van der Waals surface area contributed by atoms with E-state index in [1.54, 1.807) is 13.8 Å². The van der Waals surface area contributed by atoms with Crippen LogP contribution >= 0.6 is 7.60 Å². The van der Waals surface area contributed by atoms with Crippen LogP contribution in [0.15, 0.2) is 42.0 Å². The third-order valence-corrected chi connectivity index (χ3v) is 3.73. The molecular weight excluding hydrogens is 305 g/mol. The number of benzene rings is 1. The molecule has 0 saturated carbocycles. The SMILES string of the molecule is CCOC(=O)C(C=C(C)CP(=O)(O)O)NCc1ccccc1. The Kier molecular flexibility index (Phi) is 7.48. The van der Waals surface area contributed by atoms with Crippen molar-refractivity contribution in [1.82, 2.24) is 5.32 Å².